The summed E-state index contributed by atoms with van der Waals surface area (Å²) in [7, 11) is 0. The Kier molecular flexibility index (Phi) is 7.78. The van der Waals surface area contributed by atoms with Gasteiger partial charge in [0.05, 0.1) is 11.0 Å². The number of nitrogens with zero attached hydrogens (tertiary/aromatic N) is 2. The zero-order valence-electron chi connectivity index (χ0n) is 33.5. The monoisotopic (exact) mass is 808 g/mol. The molecular formula is C58H36N2OS. The largest absolute Gasteiger partial charge is 0.455 e. The van der Waals surface area contributed by atoms with Crippen molar-refractivity contribution in [1.82, 2.24) is 4.57 Å². The van der Waals surface area contributed by atoms with Gasteiger partial charge in [-0.25, -0.2) is 0 Å². The van der Waals surface area contributed by atoms with E-state index in [4.69, 9.17) is 4.42 Å². The molecule has 3 aromatic heterocycles. The minimum absolute atomic E-state index is 0.890. The molecule has 0 atom stereocenters. The Morgan fingerprint density at radius 3 is 1.82 bits per heavy atom. The van der Waals surface area contributed by atoms with Crippen molar-refractivity contribution < 1.29 is 4.42 Å². The van der Waals surface area contributed by atoms with E-state index >= 15 is 0 Å². The second-order valence-corrected chi connectivity index (χ2v) is 17.2. The van der Waals surface area contributed by atoms with E-state index in [1.165, 1.54) is 58.5 Å². The summed E-state index contributed by atoms with van der Waals surface area (Å²) >= 11 is 1.86. The van der Waals surface area contributed by atoms with Crippen LogP contribution < -0.4 is 4.90 Å². The summed E-state index contributed by atoms with van der Waals surface area (Å²) in [6.45, 7) is 0. The molecule has 0 amide bonds. The first kappa shape index (κ1) is 34.9. The highest BCUT2D eigenvalue weighted by Crippen LogP contribution is 2.43. The van der Waals surface area contributed by atoms with Crippen molar-refractivity contribution >= 4 is 103 Å². The van der Waals surface area contributed by atoms with Crippen LogP contribution in [0.2, 0.25) is 0 Å². The van der Waals surface area contributed by atoms with Gasteiger partial charge in [0, 0.05) is 69.9 Å². The fraction of sp³-hybridized carbons (Fsp3) is 0. The number of para-hydroxylation sites is 2. The molecule has 0 saturated carbocycles. The number of aromatic nitrogens is 1. The number of benzene rings is 10. The quantitative estimate of drug-likeness (QED) is 0.167. The third-order valence-corrected chi connectivity index (χ3v) is 13.7. The SMILES string of the molecule is c1cc(-c2cccc3oc4c5ccccc5ccc4c23)cc(N(c2ccc(-c3ccc4sc5ccccc5c4c3)cc2)c2ccc(-n3c4ccccc4c4ccccc43)cc2)c1. The maximum atomic E-state index is 6.62. The number of thiophene rings is 1. The number of hydrogen-bond acceptors (Lipinski definition) is 3. The van der Waals surface area contributed by atoms with Crippen LogP contribution in [0.5, 0.6) is 0 Å². The van der Waals surface area contributed by atoms with Gasteiger partial charge in [-0.05, 0) is 119 Å². The van der Waals surface area contributed by atoms with E-state index in [1.807, 2.05) is 11.3 Å². The summed E-state index contributed by atoms with van der Waals surface area (Å²) in [6, 6.07) is 79.2. The lowest BCUT2D eigenvalue weighted by Crippen LogP contribution is -2.10. The molecule has 0 radical (unpaired) electrons. The van der Waals surface area contributed by atoms with E-state index in [-0.39, 0.29) is 0 Å². The molecule has 0 bridgehead atoms. The highest BCUT2D eigenvalue weighted by molar-refractivity contribution is 7.25. The Bertz CT molecular complexity index is 3820. The van der Waals surface area contributed by atoms with E-state index < -0.39 is 0 Å². The Morgan fingerprint density at radius 1 is 0.387 bits per heavy atom. The van der Waals surface area contributed by atoms with Gasteiger partial charge in [-0.2, -0.15) is 0 Å². The van der Waals surface area contributed by atoms with Crippen LogP contribution in [-0.4, -0.2) is 4.57 Å². The molecule has 13 aromatic rings. The minimum Gasteiger partial charge on any atom is -0.455 e. The predicted molar refractivity (Wildman–Crippen MR) is 264 cm³/mol. The summed E-state index contributed by atoms with van der Waals surface area (Å²) in [5.74, 6) is 0. The highest BCUT2D eigenvalue weighted by Gasteiger charge is 2.19. The second-order valence-electron chi connectivity index (χ2n) is 16.1. The van der Waals surface area contributed by atoms with E-state index in [0.717, 1.165) is 61.2 Å². The molecule has 0 aliphatic carbocycles. The maximum Gasteiger partial charge on any atom is 0.143 e. The molecule has 0 spiro atoms. The molecule has 0 fully saturated rings. The van der Waals surface area contributed by atoms with Crippen LogP contribution in [0.4, 0.5) is 17.1 Å². The van der Waals surface area contributed by atoms with Crippen LogP contribution in [0.1, 0.15) is 0 Å². The van der Waals surface area contributed by atoms with Crippen LogP contribution in [0.15, 0.2) is 223 Å². The third-order valence-electron chi connectivity index (χ3n) is 12.6. The van der Waals surface area contributed by atoms with E-state index in [1.54, 1.807) is 0 Å². The van der Waals surface area contributed by atoms with Gasteiger partial charge in [0.1, 0.15) is 11.2 Å². The molecule has 3 nitrogen and oxygen atoms in total. The summed E-state index contributed by atoms with van der Waals surface area (Å²) in [4.78, 5) is 2.37. The standard InChI is InChI=1S/C58H36N2OS/c1-2-14-46-38(11-1)25-33-50-57-45(18-10-21-54(57)61-58(46)50)40-12-9-13-44(35-40)59(41-27-23-37(24-28-41)39-26-34-56-51(36-39)49-17-5-8-22-55(49)62-56)42-29-31-43(32-30-42)60-52-19-6-3-15-47(52)48-16-4-7-20-53(48)60/h1-36H. The molecule has 3 heterocycles. The van der Waals surface area contributed by atoms with Gasteiger partial charge in [0.2, 0.25) is 0 Å². The van der Waals surface area contributed by atoms with Crippen molar-refractivity contribution in [3.05, 3.63) is 218 Å². The predicted octanol–water partition coefficient (Wildman–Crippen LogP) is 17.0. The zero-order chi connectivity index (χ0) is 40.7. The lowest BCUT2D eigenvalue weighted by Gasteiger charge is -2.26. The molecule has 4 heteroatoms. The minimum atomic E-state index is 0.890. The Balaban J connectivity index is 0.951. The van der Waals surface area contributed by atoms with Crippen LogP contribution >= 0.6 is 11.3 Å². The molecule has 290 valence electrons. The molecule has 10 aromatic carbocycles. The smallest absolute Gasteiger partial charge is 0.143 e. The number of anilines is 3. The average Bonchev–Trinajstić information content (AvgIpc) is 4.02. The van der Waals surface area contributed by atoms with E-state index in [0.29, 0.717) is 0 Å². The van der Waals surface area contributed by atoms with Crippen molar-refractivity contribution in [3.63, 3.8) is 0 Å². The van der Waals surface area contributed by atoms with Gasteiger partial charge in [-0.1, -0.05) is 127 Å². The van der Waals surface area contributed by atoms with Crippen LogP contribution in [0.3, 0.4) is 0 Å². The van der Waals surface area contributed by atoms with E-state index in [9.17, 15) is 0 Å². The van der Waals surface area contributed by atoms with Gasteiger partial charge < -0.3 is 13.9 Å². The topological polar surface area (TPSA) is 21.3 Å². The lowest BCUT2D eigenvalue weighted by molar-refractivity contribution is 0.673. The van der Waals surface area contributed by atoms with Crippen LogP contribution in [0, 0.1) is 0 Å². The molecule has 0 unspecified atom stereocenters. The summed E-state index contributed by atoms with van der Waals surface area (Å²) in [6.07, 6.45) is 0. The number of fused-ring (bicyclic) bond motifs is 11. The van der Waals surface area contributed by atoms with Gasteiger partial charge >= 0.3 is 0 Å². The fourth-order valence-corrected chi connectivity index (χ4v) is 10.8. The van der Waals surface area contributed by atoms with Crippen LogP contribution in [0.25, 0.3) is 103 Å². The summed E-state index contributed by atoms with van der Waals surface area (Å²) in [5, 5.41) is 9.69. The van der Waals surface area contributed by atoms with Crippen molar-refractivity contribution in [2.75, 3.05) is 4.90 Å². The Hall–Kier alpha value is -7.92. The van der Waals surface area contributed by atoms with Crippen molar-refractivity contribution in [3.8, 4) is 27.9 Å². The van der Waals surface area contributed by atoms with Crippen molar-refractivity contribution in [1.29, 1.82) is 0 Å². The number of hydrogen-bond donors (Lipinski definition) is 0. The zero-order valence-corrected chi connectivity index (χ0v) is 34.3. The first-order chi connectivity index (χ1) is 30.7. The molecular weight excluding hydrogens is 773 g/mol. The number of furan rings is 1. The lowest BCUT2D eigenvalue weighted by atomic mass is 9.97. The summed E-state index contributed by atoms with van der Waals surface area (Å²) in [5.41, 5.74) is 13.2. The average molecular weight is 809 g/mol. The molecule has 0 saturated heterocycles. The van der Waals surface area contributed by atoms with Crippen LogP contribution in [-0.2, 0) is 0 Å². The van der Waals surface area contributed by atoms with E-state index in [2.05, 4.69) is 228 Å². The highest BCUT2D eigenvalue weighted by atomic mass is 32.1. The molecule has 0 aliphatic heterocycles. The first-order valence-electron chi connectivity index (χ1n) is 21.1. The second kappa shape index (κ2) is 13.8. The van der Waals surface area contributed by atoms with Gasteiger partial charge in [-0.15, -0.1) is 11.3 Å². The maximum absolute atomic E-state index is 6.62. The number of rotatable bonds is 6. The van der Waals surface area contributed by atoms with Gasteiger partial charge in [0.15, 0.2) is 0 Å². The summed E-state index contributed by atoms with van der Waals surface area (Å²) < 4.78 is 11.6. The van der Waals surface area contributed by atoms with Crippen molar-refractivity contribution in [2.45, 2.75) is 0 Å². The Labute approximate surface area is 361 Å². The fourth-order valence-electron chi connectivity index (χ4n) is 9.71. The molecule has 13 rings (SSSR count). The van der Waals surface area contributed by atoms with Crippen molar-refractivity contribution in [2.24, 2.45) is 0 Å². The van der Waals surface area contributed by atoms with Gasteiger partial charge in [0.25, 0.3) is 0 Å². The molecule has 62 heavy (non-hydrogen) atoms. The third kappa shape index (κ3) is 5.44. The Morgan fingerprint density at radius 2 is 1.03 bits per heavy atom. The molecule has 0 aliphatic rings. The first-order valence-corrected chi connectivity index (χ1v) is 21.9. The molecule has 0 N–H and O–H groups in total. The normalized spacial score (nSPS) is 11.9. The van der Waals surface area contributed by atoms with Gasteiger partial charge in [-0.3, -0.25) is 0 Å².